The molecule has 3 rings (SSSR count). The van der Waals surface area contributed by atoms with Crippen molar-refractivity contribution in [2.24, 2.45) is 0 Å². The molecule has 2 aromatic rings. The Morgan fingerprint density at radius 2 is 2.24 bits per heavy atom. The first-order valence-electron chi connectivity index (χ1n) is 7.60. The Bertz CT molecular complexity index is 813. The zero-order valence-corrected chi connectivity index (χ0v) is 16.1. The number of piperazine rings is 1. The lowest BCUT2D eigenvalue weighted by molar-refractivity contribution is 0.135. The molecule has 0 bridgehead atoms. The Morgan fingerprint density at radius 3 is 2.96 bits per heavy atom. The molecule has 7 nitrogen and oxygen atoms in total. The van der Waals surface area contributed by atoms with Gasteiger partial charge in [0.05, 0.1) is 6.54 Å². The third kappa shape index (κ3) is 5.65. The molecule has 1 fully saturated rings. The lowest BCUT2D eigenvalue weighted by Gasteiger charge is -2.35. The largest absolute Gasteiger partial charge is 0.338 e. The SMILES string of the molecule is CS(=O)(=O)Cc1noc(CN2CCNCC2c2cccc(Cl)c2)n1.Cl. The standard InChI is InChI=1S/C15H19ClN4O3S.ClH/c1-24(21,22)10-14-18-15(23-19-14)9-20-6-5-17-8-13(20)11-3-2-4-12(16)7-11;/h2-4,7,13,17H,5-6,8-10H2,1H3;1H. The zero-order valence-electron chi connectivity index (χ0n) is 13.7. The molecule has 1 aromatic heterocycles. The number of rotatable bonds is 5. The third-order valence-corrected chi connectivity index (χ3v) is 4.85. The number of hydrogen-bond acceptors (Lipinski definition) is 7. The zero-order chi connectivity index (χ0) is 17.2. The highest BCUT2D eigenvalue weighted by Gasteiger charge is 2.26. The summed E-state index contributed by atoms with van der Waals surface area (Å²) in [6, 6.07) is 7.92. The van der Waals surface area contributed by atoms with E-state index in [0.29, 0.717) is 17.5 Å². The lowest BCUT2D eigenvalue weighted by atomic mass is 10.0. The molecule has 1 N–H and O–H groups in total. The molecule has 138 valence electrons. The summed E-state index contributed by atoms with van der Waals surface area (Å²) in [4.78, 5) is 6.41. The molecule has 2 heterocycles. The maximum absolute atomic E-state index is 11.3. The Labute approximate surface area is 158 Å². The van der Waals surface area contributed by atoms with Gasteiger partial charge in [-0.05, 0) is 17.7 Å². The molecule has 1 aliphatic rings. The van der Waals surface area contributed by atoms with Gasteiger partial charge in [-0.2, -0.15) is 4.98 Å². The first kappa shape index (κ1) is 20.1. The molecular formula is C15H20Cl2N4O3S. The predicted molar refractivity (Wildman–Crippen MR) is 97.6 cm³/mol. The van der Waals surface area contributed by atoms with Crippen LogP contribution in [0.5, 0.6) is 0 Å². The van der Waals surface area contributed by atoms with Crippen molar-refractivity contribution in [3.8, 4) is 0 Å². The maximum Gasteiger partial charge on any atom is 0.240 e. The highest BCUT2D eigenvalue weighted by Crippen LogP contribution is 2.26. The minimum absolute atomic E-state index is 0. The van der Waals surface area contributed by atoms with Gasteiger partial charge in [-0.15, -0.1) is 12.4 Å². The van der Waals surface area contributed by atoms with Crippen LogP contribution >= 0.6 is 24.0 Å². The van der Waals surface area contributed by atoms with Crippen LogP contribution < -0.4 is 5.32 Å². The minimum Gasteiger partial charge on any atom is -0.338 e. The molecule has 0 radical (unpaired) electrons. The second-order valence-corrected chi connectivity index (χ2v) is 8.50. The fraction of sp³-hybridized carbons (Fsp3) is 0.467. The van der Waals surface area contributed by atoms with E-state index in [1.165, 1.54) is 0 Å². The fourth-order valence-corrected chi connectivity index (χ4v) is 3.58. The Balaban J connectivity index is 0.00000225. The number of nitrogens with zero attached hydrogens (tertiary/aromatic N) is 3. The van der Waals surface area contributed by atoms with Gasteiger partial charge < -0.3 is 9.84 Å². The third-order valence-electron chi connectivity index (χ3n) is 3.83. The van der Waals surface area contributed by atoms with Crippen LogP contribution in [0.15, 0.2) is 28.8 Å². The molecule has 0 spiro atoms. The highest BCUT2D eigenvalue weighted by molar-refractivity contribution is 7.89. The van der Waals surface area contributed by atoms with Crippen LogP contribution in [0, 0.1) is 0 Å². The van der Waals surface area contributed by atoms with E-state index in [1.807, 2.05) is 24.3 Å². The smallest absolute Gasteiger partial charge is 0.240 e. The molecule has 10 heteroatoms. The highest BCUT2D eigenvalue weighted by atomic mass is 35.5. The molecule has 0 aliphatic carbocycles. The van der Waals surface area contributed by atoms with Crippen molar-refractivity contribution in [3.05, 3.63) is 46.6 Å². The minimum atomic E-state index is -3.18. The Morgan fingerprint density at radius 1 is 1.44 bits per heavy atom. The van der Waals surface area contributed by atoms with E-state index in [4.69, 9.17) is 16.1 Å². The Kier molecular flexibility index (Phi) is 6.81. The van der Waals surface area contributed by atoms with Gasteiger partial charge in [-0.3, -0.25) is 4.90 Å². The van der Waals surface area contributed by atoms with Gasteiger partial charge in [0.25, 0.3) is 0 Å². The first-order chi connectivity index (χ1) is 11.4. The molecule has 25 heavy (non-hydrogen) atoms. The number of aromatic nitrogens is 2. The van der Waals surface area contributed by atoms with Crippen LogP contribution in [0.3, 0.4) is 0 Å². The van der Waals surface area contributed by atoms with Crippen molar-refractivity contribution in [2.75, 3.05) is 25.9 Å². The van der Waals surface area contributed by atoms with Crippen LogP contribution in [0.4, 0.5) is 0 Å². The topological polar surface area (TPSA) is 88.3 Å². The average molecular weight is 407 g/mol. The molecule has 1 aliphatic heterocycles. The van der Waals surface area contributed by atoms with E-state index in [1.54, 1.807) is 0 Å². The van der Waals surface area contributed by atoms with Crippen LogP contribution in [-0.2, 0) is 22.1 Å². The summed E-state index contributed by atoms with van der Waals surface area (Å²) < 4.78 is 27.8. The number of nitrogens with one attached hydrogen (secondary N) is 1. The summed E-state index contributed by atoms with van der Waals surface area (Å²) in [6.45, 7) is 2.95. The summed E-state index contributed by atoms with van der Waals surface area (Å²) >= 11 is 6.10. The van der Waals surface area contributed by atoms with Crippen molar-refractivity contribution in [2.45, 2.75) is 18.3 Å². The van der Waals surface area contributed by atoms with Crippen LogP contribution in [0.25, 0.3) is 0 Å². The molecule has 1 saturated heterocycles. The van der Waals surface area contributed by atoms with Crippen molar-refractivity contribution in [3.63, 3.8) is 0 Å². The van der Waals surface area contributed by atoms with E-state index < -0.39 is 9.84 Å². The van der Waals surface area contributed by atoms with Gasteiger partial charge in [-0.1, -0.05) is 28.9 Å². The van der Waals surface area contributed by atoms with Crippen molar-refractivity contribution in [1.82, 2.24) is 20.4 Å². The number of hydrogen-bond donors (Lipinski definition) is 1. The molecule has 1 aromatic carbocycles. The summed E-state index contributed by atoms with van der Waals surface area (Å²) in [5.74, 6) is 0.403. The van der Waals surface area contributed by atoms with E-state index >= 15 is 0 Å². The Hall–Kier alpha value is -1.19. The summed E-state index contributed by atoms with van der Waals surface area (Å²) in [6.07, 6.45) is 1.15. The lowest BCUT2D eigenvalue weighted by Crippen LogP contribution is -2.45. The van der Waals surface area contributed by atoms with Gasteiger partial charge in [0.15, 0.2) is 15.7 Å². The van der Waals surface area contributed by atoms with Crippen LogP contribution in [0.2, 0.25) is 5.02 Å². The van der Waals surface area contributed by atoms with E-state index in [0.717, 1.165) is 31.5 Å². The second-order valence-electron chi connectivity index (χ2n) is 5.92. The van der Waals surface area contributed by atoms with Gasteiger partial charge >= 0.3 is 0 Å². The van der Waals surface area contributed by atoms with E-state index in [9.17, 15) is 8.42 Å². The normalized spacial score (nSPS) is 18.7. The van der Waals surface area contributed by atoms with Gasteiger partial charge in [-0.25, -0.2) is 8.42 Å². The van der Waals surface area contributed by atoms with Crippen molar-refractivity contribution < 1.29 is 12.9 Å². The quantitative estimate of drug-likeness (QED) is 0.809. The number of sulfone groups is 1. The first-order valence-corrected chi connectivity index (χ1v) is 10.0. The second kappa shape index (κ2) is 8.46. The van der Waals surface area contributed by atoms with Crippen LogP contribution in [0.1, 0.15) is 23.3 Å². The number of benzene rings is 1. The van der Waals surface area contributed by atoms with Gasteiger partial charge in [0.2, 0.25) is 5.89 Å². The number of halogens is 2. The van der Waals surface area contributed by atoms with Crippen molar-refractivity contribution >= 4 is 33.8 Å². The summed E-state index contributed by atoms with van der Waals surface area (Å²) in [5.41, 5.74) is 1.12. The molecule has 0 amide bonds. The maximum atomic E-state index is 11.3. The molecular weight excluding hydrogens is 387 g/mol. The molecule has 0 saturated carbocycles. The van der Waals surface area contributed by atoms with Gasteiger partial charge in [0.1, 0.15) is 5.75 Å². The van der Waals surface area contributed by atoms with E-state index in [-0.39, 0.29) is 30.0 Å². The predicted octanol–water partition coefficient (Wildman–Crippen LogP) is 1.84. The fourth-order valence-electron chi connectivity index (χ4n) is 2.80. The average Bonchev–Trinajstić information content (AvgIpc) is 2.93. The van der Waals surface area contributed by atoms with Gasteiger partial charge in [0, 0.05) is 37.0 Å². The summed E-state index contributed by atoms with van der Waals surface area (Å²) in [7, 11) is -3.18. The summed E-state index contributed by atoms with van der Waals surface area (Å²) in [5, 5.41) is 7.82. The van der Waals surface area contributed by atoms with E-state index in [2.05, 4.69) is 20.4 Å². The van der Waals surface area contributed by atoms with Crippen LogP contribution in [-0.4, -0.2) is 49.3 Å². The van der Waals surface area contributed by atoms with Crippen molar-refractivity contribution in [1.29, 1.82) is 0 Å². The monoisotopic (exact) mass is 406 g/mol. The molecule has 1 unspecified atom stereocenters. The molecule has 1 atom stereocenters.